The molecule has 1 aromatic heterocycles. The predicted molar refractivity (Wildman–Crippen MR) is 82.9 cm³/mol. The number of carbonyl (C=O) groups excluding carboxylic acids is 1. The Labute approximate surface area is 125 Å². The number of thiophene rings is 1. The molecule has 0 amide bonds. The Balaban J connectivity index is 1.77. The van der Waals surface area contributed by atoms with Crippen LogP contribution in [0.25, 0.3) is 0 Å². The second-order valence-electron chi connectivity index (χ2n) is 5.69. The topological polar surface area (TPSA) is 38.3 Å². The van der Waals surface area contributed by atoms with Crippen LogP contribution in [0.3, 0.4) is 0 Å². The fourth-order valence-corrected chi connectivity index (χ4v) is 3.84. The molecule has 112 valence electrons. The second-order valence-corrected chi connectivity index (χ2v) is 6.94. The number of ether oxygens (including phenoxy) is 1. The van der Waals surface area contributed by atoms with Crippen molar-refractivity contribution in [1.29, 1.82) is 0 Å². The summed E-state index contributed by atoms with van der Waals surface area (Å²) in [5.74, 6) is 0.667. The molecule has 4 heteroatoms. The third-order valence-corrected chi connectivity index (χ3v) is 5.30. The lowest BCUT2D eigenvalue weighted by Gasteiger charge is -2.28. The van der Waals surface area contributed by atoms with E-state index in [2.05, 4.69) is 18.3 Å². The van der Waals surface area contributed by atoms with E-state index in [4.69, 9.17) is 4.74 Å². The Bertz CT molecular complexity index is 424. The van der Waals surface area contributed by atoms with Crippen molar-refractivity contribution < 1.29 is 9.53 Å². The number of carbonyl (C=O) groups is 1. The number of rotatable bonds is 6. The van der Waals surface area contributed by atoms with Crippen LogP contribution in [0.1, 0.15) is 48.8 Å². The van der Waals surface area contributed by atoms with Gasteiger partial charge in [-0.3, -0.25) is 4.79 Å². The number of hydrogen-bond acceptors (Lipinski definition) is 4. The lowest BCUT2D eigenvalue weighted by atomic mass is 9.84. The molecule has 0 aliphatic heterocycles. The van der Waals surface area contributed by atoms with Crippen molar-refractivity contribution in [3.8, 4) is 0 Å². The average molecular weight is 295 g/mol. The lowest BCUT2D eigenvalue weighted by Crippen LogP contribution is -2.33. The molecule has 1 atom stereocenters. The maximum Gasteiger partial charge on any atom is 0.310 e. The molecule has 0 radical (unpaired) electrons. The van der Waals surface area contributed by atoms with Crippen molar-refractivity contribution >= 4 is 17.3 Å². The van der Waals surface area contributed by atoms with Gasteiger partial charge in [-0.15, -0.1) is 11.3 Å². The van der Waals surface area contributed by atoms with Crippen LogP contribution in [0.4, 0.5) is 0 Å². The summed E-state index contributed by atoms with van der Waals surface area (Å²) in [6.45, 7) is 3.21. The van der Waals surface area contributed by atoms with Crippen molar-refractivity contribution in [2.24, 2.45) is 5.92 Å². The second kappa shape index (κ2) is 7.79. The first-order valence-corrected chi connectivity index (χ1v) is 8.38. The number of hydrogen-bond donors (Lipinski definition) is 1. The molecule has 2 rings (SSSR count). The molecule has 1 aromatic rings. The zero-order valence-corrected chi connectivity index (χ0v) is 13.3. The van der Waals surface area contributed by atoms with E-state index in [9.17, 15) is 4.79 Å². The van der Waals surface area contributed by atoms with E-state index >= 15 is 0 Å². The number of esters is 1. The molecule has 0 spiro atoms. The minimum atomic E-state index is -0.165. The summed E-state index contributed by atoms with van der Waals surface area (Å²) in [6.07, 6.45) is 7.31. The van der Waals surface area contributed by atoms with E-state index in [1.54, 1.807) is 11.3 Å². The third kappa shape index (κ3) is 4.60. The van der Waals surface area contributed by atoms with Crippen molar-refractivity contribution in [3.05, 3.63) is 21.9 Å². The van der Waals surface area contributed by atoms with Gasteiger partial charge in [0.1, 0.15) is 0 Å². The maximum absolute atomic E-state index is 11.2. The summed E-state index contributed by atoms with van der Waals surface area (Å²) in [6, 6.07) is 4.73. The summed E-state index contributed by atoms with van der Waals surface area (Å²) in [7, 11) is 1.43. The Morgan fingerprint density at radius 3 is 2.75 bits per heavy atom. The molecule has 0 saturated heterocycles. The molecule has 1 aliphatic carbocycles. The van der Waals surface area contributed by atoms with E-state index in [1.165, 1.54) is 44.1 Å². The minimum absolute atomic E-state index is 0.165. The first-order chi connectivity index (χ1) is 9.69. The van der Waals surface area contributed by atoms with E-state index in [-0.39, 0.29) is 5.97 Å². The highest BCUT2D eigenvalue weighted by Crippen LogP contribution is 2.26. The van der Waals surface area contributed by atoms with Crippen LogP contribution in [-0.2, 0) is 22.5 Å². The van der Waals surface area contributed by atoms with Gasteiger partial charge in [0.2, 0.25) is 0 Å². The van der Waals surface area contributed by atoms with Crippen LogP contribution in [0.5, 0.6) is 0 Å². The number of nitrogens with one attached hydrogen (secondary N) is 1. The third-order valence-electron chi connectivity index (χ3n) is 4.22. The standard InChI is InChI=1S/C16H25NO2S/c1-12(13-6-4-3-5-7-13)17-11-15-9-8-14(20-15)10-16(18)19-2/h8-9,12-13,17H,3-7,10-11H2,1-2H3/t12-/m1/s1. The van der Waals surface area contributed by atoms with Crippen LogP contribution in [0.2, 0.25) is 0 Å². The minimum Gasteiger partial charge on any atom is -0.469 e. The largest absolute Gasteiger partial charge is 0.469 e. The first kappa shape index (κ1) is 15.5. The fraction of sp³-hybridized carbons (Fsp3) is 0.688. The van der Waals surface area contributed by atoms with Gasteiger partial charge in [0.05, 0.1) is 13.5 Å². The Morgan fingerprint density at radius 1 is 1.35 bits per heavy atom. The van der Waals surface area contributed by atoms with Gasteiger partial charge in [-0.05, 0) is 37.8 Å². The van der Waals surface area contributed by atoms with Gasteiger partial charge in [0.25, 0.3) is 0 Å². The molecule has 20 heavy (non-hydrogen) atoms. The molecule has 1 heterocycles. The first-order valence-electron chi connectivity index (χ1n) is 7.57. The molecule has 1 N–H and O–H groups in total. The highest BCUT2D eigenvalue weighted by Gasteiger charge is 2.19. The van der Waals surface area contributed by atoms with Crippen LogP contribution in [0.15, 0.2) is 12.1 Å². The zero-order valence-electron chi connectivity index (χ0n) is 12.5. The average Bonchev–Trinajstić information content (AvgIpc) is 2.93. The summed E-state index contributed by atoms with van der Waals surface area (Å²) in [5, 5.41) is 3.64. The predicted octanol–water partition coefficient (Wildman–Crippen LogP) is 3.52. The smallest absolute Gasteiger partial charge is 0.310 e. The van der Waals surface area contributed by atoms with Crippen molar-refractivity contribution in [2.45, 2.75) is 58.0 Å². The molecule has 0 unspecified atom stereocenters. The van der Waals surface area contributed by atoms with Crippen LogP contribution in [-0.4, -0.2) is 19.1 Å². The Kier molecular flexibility index (Phi) is 6.05. The van der Waals surface area contributed by atoms with Gasteiger partial charge in [-0.2, -0.15) is 0 Å². The van der Waals surface area contributed by atoms with Gasteiger partial charge in [-0.25, -0.2) is 0 Å². The van der Waals surface area contributed by atoms with E-state index in [0.29, 0.717) is 12.5 Å². The molecule has 3 nitrogen and oxygen atoms in total. The van der Waals surface area contributed by atoms with Crippen LogP contribution in [0, 0.1) is 5.92 Å². The fourth-order valence-electron chi connectivity index (χ4n) is 2.89. The molecule has 1 fully saturated rings. The Morgan fingerprint density at radius 2 is 2.05 bits per heavy atom. The van der Waals surface area contributed by atoms with Crippen LogP contribution >= 0.6 is 11.3 Å². The summed E-state index contributed by atoms with van der Waals surface area (Å²) >= 11 is 1.70. The summed E-state index contributed by atoms with van der Waals surface area (Å²) in [4.78, 5) is 13.6. The van der Waals surface area contributed by atoms with Crippen LogP contribution < -0.4 is 5.32 Å². The molecule has 0 aromatic carbocycles. The van der Waals surface area contributed by atoms with E-state index in [0.717, 1.165) is 17.3 Å². The molecular weight excluding hydrogens is 270 g/mol. The quantitative estimate of drug-likeness (QED) is 0.816. The molecule has 1 aliphatic rings. The van der Waals surface area contributed by atoms with Gasteiger partial charge in [-0.1, -0.05) is 19.3 Å². The van der Waals surface area contributed by atoms with Gasteiger partial charge in [0, 0.05) is 22.3 Å². The summed E-state index contributed by atoms with van der Waals surface area (Å²) in [5.41, 5.74) is 0. The van der Waals surface area contributed by atoms with Gasteiger partial charge >= 0.3 is 5.97 Å². The summed E-state index contributed by atoms with van der Waals surface area (Å²) < 4.78 is 4.69. The molecular formula is C16H25NO2S. The van der Waals surface area contributed by atoms with Gasteiger partial charge < -0.3 is 10.1 Å². The maximum atomic E-state index is 11.2. The van der Waals surface area contributed by atoms with E-state index in [1.807, 2.05) is 6.07 Å². The van der Waals surface area contributed by atoms with Gasteiger partial charge in [0.15, 0.2) is 0 Å². The van der Waals surface area contributed by atoms with Crippen molar-refractivity contribution in [3.63, 3.8) is 0 Å². The van der Waals surface area contributed by atoms with Crippen molar-refractivity contribution in [2.75, 3.05) is 7.11 Å². The highest BCUT2D eigenvalue weighted by atomic mass is 32.1. The molecule has 0 bridgehead atoms. The zero-order chi connectivity index (χ0) is 14.4. The monoisotopic (exact) mass is 295 g/mol. The SMILES string of the molecule is COC(=O)Cc1ccc(CN[C@H](C)C2CCCCC2)s1. The molecule has 1 saturated carbocycles. The Hall–Kier alpha value is -0.870. The number of methoxy groups -OCH3 is 1. The van der Waals surface area contributed by atoms with Crippen molar-refractivity contribution in [1.82, 2.24) is 5.32 Å². The highest BCUT2D eigenvalue weighted by molar-refractivity contribution is 7.12. The normalized spacial score (nSPS) is 17.9. The van der Waals surface area contributed by atoms with E-state index < -0.39 is 0 Å². The lowest BCUT2D eigenvalue weighted by molar-refractivity contribution is -0.139.